The van der Waals surface area contributed by atoms with E-state index in [1.807, 2.05) is 6.26 Å². The number of aryl methyl sites for hydroxylation is 1. The first-order chi connectivity index (χ1) is 17.7. The molecule has 5 rings (SSSR count). The van der Waals surface area contributed by atoms with Gasteiger partial charge >= 0.3 is 5.97 Å². The Morgan fingerprint density at radius 1 is 1.32 bits per heavy atom. The van der Waals surface area contributed by atoms with Crippen LogP contribution in [0.1, 0.15) is 53.7 Å². The summed E-state index contributed by atoms with van der Waals surface area (Å²) in [6.45, 7) is 3.94. The molecule has 0 saturated heterocycles. The average Bonchev–Trinajstić information content (AvgIpc) is 3.23. The standard InChI is InChI=1S/C26H26FN3O5S2/c1-12-6-14-16(9-28-22(31)5-4-13(2)37-36-3)17-10-30-21(23(17)29-20(14)8-19(12)27)7-15-18(25(30)33)11-35-26(34)24(15)32/h6-8,13,24,32H,4-5,9-11H2,1-3H3,(H,28,31). The van der Waals surface area contributed by atoms with Crippen molar-refractivity contribution in [3.05, 3.63) is 62.2 Å². The maximum absolute atomic E-state index is 14.5. The fourth-order valence-electron chi connectivity index (χ4n) is 4.86. The Bertz CT molecular complexity index is 1510. The number of benzene rings is 1. The third-order valence-corrected chi connectivity index (χ3v) is 9.18. The van der Waals surface area contributed by atoms with E-state index in [1.54, 1.807) is 40.6 Å². The number of hydrogen-bond acceptors (Lipinski definition) is 8. The molecule has 2 N–H and O–H groups in total. The Morgan fingerprint density at radius 3 is 2.86 bits per heavy atom. The van der Waals surface area contributed by atoms with Crippen LogP contribution in [0.5, 0.6) is 0 Å². The second-order valence-electron chi connectivity index (χ2n) is 9.29. The van der Waals surface area contributed by atoms with Crippen LogP contribution in [-0.4, -0.2) is 38.0 Å². The van der Waals surface area contributed by atoms with Crippen molar-refractivity contribution in [3.8, 4) is 11.4 Å². The number of aromatic nitrogens is 2. The minimum absolute atomic E-state index is 0.0898. The van der Waals surface area contributed by atoms with Gasteiger partial charge in [-0.2, -0.15) is 0 Å². The van der Waals surface area contributed by atoms with Crippen LogP contribution in [0.2, 0.25) is 0 Å². The minimum atomic E-state index is -1.56. The highest BCUT2D eigenvalue weighted by Crippen LogP contribution is 2.38. The first kappa shape index (κ1) is 25.7. The molecule has 0 fully saturated rings. The van der Waals surface area contributed by atoms with Crippen molar-refractivity contribution in [1.82, 2.24) is 14.9 Å². The van der Waals surface area contributed by atoms with Crippen LogP contribution in [0.4, 0.5) is 4.39 Å². The lowest BCUT2D eigenvalue weighted by Gasteiger charge is -2.21. The van der Waals surface area contributed by atoms with E-state index >= 15 is 0 Å². The molecule has 0 aliphatic carbocycles. The molecule has 0 radical (unpaired) electrons. The molecular formula is C26H26FN3O5S2. The predicted octanol–water partition coefficient (Wildman–Crippen LogP) is 3.76. The summed E-state index contributed by atoms with van der Waals surface area (Å²) in [7, 11) is 3.40. The number of esters is 1. The number of amides is 1. The highest BCUT2D eigenvalue weighted by Gasteiger charge is 2.34. The van der Waals surface area contributed by atoms with E-state index < -0.39 is 17.9 Å². The van der Waals surface area contributed by atoms with Gasteiger partial charge in [0.1, 0.15) is 12.4 Å². The van der Waals surface area contributed by atoms with E-state index in [2.05, 4.69) is 17.2 Å². The molecule has 0 bridgehead atoms. The molecule has 0 spiro atoms. The number of aliphatic hydroxyl groups is 1. The number of hydrogen-bond donors (Lipinski definition) is 2. The van der Waals surface area contributed by atoms with Crippen LogP contribution in [0.25, 0.3) is 22.3 Å². The van der Waals surface area contributed by atoms with Gasteiger partial charge in [0.2, 0.25) is 5.91 Å². The van der Waals surface area contributed by atoms with Gasteiger partial charge in [-0.1, -0.05) is 28.5 Å². The zero-order chi connectivity index (χ0) is 26.4. The van der Waals surface area contributed by atoms with E-state index in [-0.39, 0.29) is 42.3 Å². The van der Waals surface area contributed by atoms with Gasteiger partial charge in [0.25, 0.3) is 5.56 Å². The van der Waals surface area contributed by atoms with Crippen molar-refractivity contribution in [3.63, 3.8) is 0 Å². The average molecular weight is 544 g/mol. The van der Waals surface area contributed by atoms with Gasteiger partial charge in [-0.3, -0.25) is 9.59 Å². The molecule has 37 heavy (non-hydrogen) atoms. The van der Waals surface area contributed by atoms with Crippen LogP contribution in [0, 0.1) is 12.7 Å². The van der Waals surface area contributed by atoms with Gasteiger partial charge < -0.3 is 19.7 Å². The molecular weight excluding hydrogens is 517 g/mol. The number of halogens is 1. The number of fused-ring (bicyclic) bond motifs is 5. The molecule has 2 unspecified atom stereocenters. The SMILES string of the molecule is CSSC(C)CCC(=O)NCc1c2c(nc3cc(F)c(C)cc13)-c1cc3c(c(=O)n1C2)COC(=O)C3O. The molecule has 11 heteroatoms. The van der Waals surface area contributed by atoms with Gasteiger partial charge in [0.15, 0.2) is 6.10 Å². The fourth-order valence-corrected chi connectivity index (χ4v) is 6.68. The smallest absolute Gasteiger partial charge is 0.340 e. The maximum Gasteiger partial charge on any atom is 0.340 e. The van der Waals surface area contributed by atoms with Crippen LogP contribution >= 0.6 is 21.6 Å². The quantitative estimate of drug-likeness (QED) is 0.268. The van der Waals surface area contributed by atoms with Crippen molar-refractivity contribution in [1.29, 1.82) is 0 Å². The Kier molecular flexibility index (Phi) is 7.03. The molecule has 194 valence electrons. The van der Waals surface area contributed by atoms with Crippen molar-refractivity contribution in [2.45, 2.75) is 57.7 Å². The second-order valence-corrected chi connectivity index (χ2v) is 12.2. The van der Waals surface area contributed by atoms with Gasteiger partial charge in [-0.25, -0.2) is 14.2 Å². The van der Waals surface area contributed by atoms with Gasteiger partial charge in [0, 0.05) is 40.8 Å². The number of cyclic esters (lactones) is 1. The van der Waals surface area contributed by atoms with Crippen molar-refractivity contribution >= 4 is 44.4 Å². The molecule has 2 aromatic heterocycles. The molecule has 3 aromatic rings. The zero-order valence-electron chi connectivity index (χ0n) is 20.6. The van der Waals surface area contributed by atoms with Crippen LogP contribution in [0.15, 0.2) is 23.0 Å². The highest BCUT2D eigenvalue weighted by molar-refractivity contribution is 8.76. The number of carbonyl (C=O) groups excluding carboxylic acids is 2. The van der Waals surface area contributed by atoms with Crippen LogP contribution in [-0.2, 0) is 34.0 Å². The Balaban J connectivity index is 1.57. The molecule has 1 aromatic carbocycles. The molecule has 2 aliphatic heterocycles. The number of rotatable bonds is 7. The Labute approximate surface area is 220 Å². The monoisotopic (exact) mass is 543 g/mol. The maximum atomic E-state index is 14.5. The lowest BCUT2D eigenvalue weighted by molar-refractivity contribution is -0.157. The number of pyridine rings is 2. The summed E-state index contributed by atoms with van der Waals surface area (Å²) in [6.07, 6.45) is 1.57. The van der Waals surface area contributed by atoms with E-state index in [9.17, 15) is 23.9 Å². The second kappa shape index (κ2) is 10.1. The zero-order valence-corrected chi connectivity index (χ0v) is 22.2. The number of nitrogens with zero attached hydrogens (tertiary/aromatic N) is 2. The van der Waals surface area contributed by atoms with Crippen LogP contribution < -0.4 is 10.9 Å². The first-order valence-corrected chi connectivity index (χ1v) is 14.5. The molecule has 2 aliphatic rings. The Hall–Kier alpha value is -2.89. The normalized spacial score (nSPS) is 16.7. The molecule has 2 atom stereocenters. The van der Waals surface area contributed by atoms with Gasteiger partial charge in [0.05, 0.1) is 29.0 Å². The number of ether oxygens (including phenoxy) is 1. The predicted molar refractivity (Wildman–Crippen MR) is 142 cm³/mol. The number of aliphatic hydroxyl groups excluding tert-OH is 1. The molecule has 0 saturated carbocycles. The minimum Gasteiger partial charge on any atom is -0.458 e. The third kappa shape index (κ3) is 4.64. The molecule has 1 amide bonds. The largest absolute Gasteiger partial charge is 0.458 e. The highest BCUT2D eigenvalue weighted by atomic mass is 33.1. The number of nitrogens with one attached hydrogen (secondary N) is 1. The Morgan fingerprint density at radius 2 is 2.11 bits per heavy atom. The third-order valence-electron chi connectivity index (χ3n) is 6.86. The van der Waals surface area contributed by atoms with Crippen molar-refractivity contribution in [2.75, 3.05) is 6.26 Å². The molecule has 4 heterocycles. The number of carbonyl (C=O) groups is 2. The lowest BCUT2D eigenvalue weighted by atomic mass is 9.97. The summed E-state index contributed by atoms with van der Waals surface area (Å²) < 4.78 is 21.0. The lowest BCUT2D eigenvalue weighted by Crippen LogP contribution is -2.32. The summed E-state index contributed by atoms with van der Waals surface area (Å²) in [4.78, 5) is 42.6. The summed E-state index contributed by atoms with van der Waals surface area (Å²) in [5.74, 6) is -1.31. The summed E-state index contributed by atoms with van der Waals surface area (Å²) >= 11 is 0. The summed E-state index contributed by atoms with van der Waals surface area (Å²) in [6, 6.07) is 4.65. The first-order valence-electron chi connectivity index (χ1n) is 11.9. The summed E-state index contributed by atoms with van der Waals surface area (Å²) in [5, 5.41) is 14.4. The van der Waals surface area contributed by atoms with Gasteiger partial charge in [-0.15, -0.1) is 0 Å². The van der Waals surface area contributed by atoms with E-state index in [0.29, 0.717) is 39.5 Å². The summed E-state index contributed by atoms with van der Waals surface area (Å²) in [5.41, 5.74) is 3.30. The fraction of sp³-hybridized carbons (Fsp3) is 0.385. The van der Waals surface area contributed by atoms with E-state index in [0.717, 1.165) is 17.5 Å². The molecule has 8 nitrogen and oxygen atoms in total. The van der Waals surface area contributed by atoms with Gasteiger partial charge in [-0.05, 0) is 42.9 Å². The van der Waals surface area contributed by atoms with Crippen LogP contribution in [0.3, 0.4) is 0 Å². The van der Waals surface area contributed by atoms with E-state index in [1.165, 1.54) is 10.6 Å². The topological polar surface area (TPSA) is 111 Å². The van der Waals surface area contributed by atoms with Crippen molar-refractivity contribution < 1.29 is 23.8 Å². The van der Waals surface area contributed by atoms with Crippen molar-refractivity contribution in [2.24, 2.45) is 0 Å². The van der Waals surface area contributed by atoms with E-state index in [4.69, 9.17) is 4.74 Å².